The second kappa shape index (κ2) is 6.68. The van der Waals surface area contributed by atoms with E-state index < -0.39 is 5.97 Å². The normalized spacial score (nSPS) is 21.2. The SMILES string of the molecule is O=C(O)C1CCCCCN1Cc1cnn(CCO)c1. The quantitative estimate of drug-likeness (QED) is 0.821. The van der Waals surface area contributed by atoms with Crippen LogP contribution in [0, 0.1) is 0 Å². The molecule has 0 saturated carbocycles. The smallest absolute Gasteiger partial charge is 0.320 e. The van der Waals surface area contributed by atoms with Gasteiger partial charge in [-0.1, -0.05) is 12.8 Å². The number of aromatic nitrogens is 2. The van der Waals surface area contributed by atoms with Gasteiger partial charge in [0.1, 0.15) is 6.04 Å². The molecule has 6 nitrogen and oxygen atoms in total. The Hall–Kier alpha value is -1.40. The summed E-state index contributed by atoms with van der Waals surface area (Å²) in [4.78, 5) is 13.3. The van der Waals surface area contributed by atoms with E-state index in [0.29, 0.717) is 13.1 Å². The average Bonchev–Trinajstić information content (AvgIpc) is 2.67. The second-order valence-electron chi connectivity index (χ2n) is 5.01. The highest BCUT2D eigenvalue weighted by Gasteiger charge is 2.27. The largest absolute Gasteiger partial charge is 0.480 e. The lowest BCUT2D eigenvalue weighted by Gasteiger charge is -2.25. The molecule has 0 spiro atoms. The standard InChI is InChI=1S/C13H21N3O3/c17-7-6-16-10-11(8-14-16)9-15-5-3-1-2-4-12(15)13(18)19/h8,10,12,17H,1-7,9H2,(H,18,19). The summed E-state index contributed by atoms with van der Waals surface area (Å²) in [5.41, 5.74) is 1.00. The van der Waals surface area contributed by atoms with E-state index in [-0.39, 0.29) is 12.6 Å². The van der Waals surface area contributed by atoms with E-state index in [9.17, 15) is 9.90 Å². The fourth-order valence-corrected chi connectivity index (χ4v) is 2.58. The summed E-state index contributed by atoms with van der Waals surface area (Å²) in [6, 6.07) is -0.385. The molecular formula is C13H21N3O3. The van der Waals surface area contributed by atoms with Crippen molar-refractivity contribution in [3.8, 4) is 0 Å². The van der Waals surface area contributed by atoms with Crippen molar-refractivity contribution >= 4 is 5.97 Å². The monoisotopic (exact) mass is 267 g/mol. The van der Waals surface area contributed by atoms with Crippen molar-refractivity contribution in [2.75, 3.05) is 13.2 Å². The lowest BCUT2D eigenvalue weighted by atomic mass is 10.1. The van der Waals surface area contributed by atoms with Gasteiger partial charge in [-0.2, -0.15) is 5.10 Å². The summed E-state index contributed by atoms with van der Waals surface area (Å²) in [5, 5.41) is 22.3. The Morgan fingerprint density at radius 2 is 2.26 bits per heavy atom. The van der Waals surface area contributed by atoms with Crippen LogP contribution in [0.1, 0.15) is 31.2 Å². The highest BCUT2D eigenvalue weighted by atomic mass is 16.4. The van der Waals surface area contributed by atoms with Gasteiger partial charge in [0.25, 0.3) is 0 Å². The maximum Gasteiger partial charge on any atom is 0.320 e. The minimum Gasteiger partial charge on any atom is -0.480 e. The second-order valence-corrected chi connectivity index (χ2v) is 5.01. The van der Waals surface area contributed by atoms with Crippen molar-refractivity contribution in [2.45, 2.75) is 44.8 Å². The molecule has 0 radical (unpaired) electrons. The van der Waals surface area contributed by atoms with E-state index in [4.69, 9.17) is 5.11 Å². The molecule has 0 amide bonds. The first-order valence-electron chi connectivity index (χ1n) is 6.80. The molecule has 1 aliphatic heterocycles. The van der Waals surface area contributed by atoms with Crippen LogP contribution < -0.4 is 0 Å². The van der Waals surface area contributed by atoms with E-state index in [1.807, 2.05) is 11.1 Å². The minimum absolute atomic E-state index is 0.0581. The Morgan fingerprint density at radius 3 is 3.00 bits per heavy atom. The van der Waals surface area contributed by atoms with Crippen LogP contribution in [-0.2, 0) is 17.9 Å². The highest BCUT2D eigenvalue weighted by Crippen LogP contribution is 2.19. The van der Waals surface area contributed by atoms with Crippen molar-refractivity contribution in [3.63, 3.8) is 0 Å². The van der Waals surface area contributed by atoms with Gasteiger partial charge in [-0.3, -0.25) is 14.4 Å². The predicted octanol–water partition coefficient (Wildman–Crippen LogP) is 0.705. The fourth-order valence-electron chi connectivity index (χ4n) is 2.58. The summed E-state index contributed by atoms with van der Waals surface area (Å²) in [6.07, 6.45) is 7.48. The summed E-state index contributed by atoms with van der Waals surface area (Å²) in [5.74, 6) is -0.732. The van der Waals surface area contributed by atoms with E-state index in [1.54, 1.807) is 10.9 Å². The molecule has 0 aliphatic carbocycles. The highest BCUT2D eigenvalue weighted by molar-refractivity contribution is 5.73. The number of rotatable bonds is 5. The van der Waals surface area contributed by atoms with Crippen LogP contribution in [0.25, 0.3) is 0 Å². The third-order valence-corrected chi connectivity index (χ3v) is 3.55. The molecule has 2 heterocycles. The number of hydrogen-bond donors (Lipinski definition) is 2. The van der Waals surface area contributed by atoms with Crippen LogP contribution in [0.15, 0.2) is 12.4 Å². The van der Waals surface area contributed by atoms with Crippen molar-refractivity contribution in [2.24, 2.45) is 0 Å². The molecule has 1 saturated heterocycles. The number of aliphatic carboxylic acids is 1. The van der Waals surface area contributed by atoms with E-state index in [2.05, 4.69) is 5.10 Å². The Morgan fingerprint density at radius 1 is 1.42 bits per heavy atom. The van der Waals surface area contributed by atoms with Crippen molar-refractivity contribution < 1.29 is 15.0 Å². The van der Waals surface area contributed by atoms with Gasteiger partial charge in [0, 0.05) is 18.3 Å². The van der Waals surface area contributed by atoms with Gasteiger partial charge in [0.2, 0.25) is 0 Å². The third-order valence-electron chi connectivity index (χ3n) is 3.55. The predicted molar refractivity (Wildman–Crippen MR) is 69.6 cm³/mol. The number of likely N-dealkylation sites (tertiary alicyclic amines) is 1. The Labute approximate surface area is 112 Å². The zero-order chi connectivity index (χ0) is 13.7. The molecule has 19 heavy (non-hydrogen) atoms. The number of nitrogens with zero attached hydrogens (tertiary/aromatic N) is 3. The van der Waals surface area contributed by atoms with Gasteiger partial charge in [-0.15, -0.1) is 0 Å². The number of aliphatic hydroxyl groups is 1. The van der Waals surface area contributed by atoms with Crippen molar-refractivity contribution in [3.05, 3.63) is 18.0 Å². The van der Waals surface area contributed by atoms with Gasteiger partial charge in [0.05, 0.1) is 19.3 Å². The average molecular weight is 267 g/mol. The maximum absolute atomic E-state index is 11.3. The van der Waals surface area contributed by atoms with E-state index in [0.717, 1.165) is 37.8 Å². The molecular weight excluding hydrogens is 246 g/mol. The van der Waals surface area contributed by atoms with Crippen molar-refractivity contribution in [1.29, 1.82) is 0 Å². The molecule has 6 heteroatoms. The third kappa shape index (κ3) is 3.78. The molecule has 1 unspecified atom stereocenters. The van der Waals surface area contributed by atoms with E-state index in [1.165, 1.54) is 0 Å². The number of hydrogen-bond acceptors (Lipinski definition) is 4. The molecule has 2 rings (SSSR count). The van der Waals surface area contributed by atoms with Gasteiger partial charge >= 0.3 is 5.97 Å². The molecule has 0 bridgehead atoms. The Balaban J connectivity index is 2.02. The van der Waals surface area contributed by atoms with E-state index >= 15 is 0 Å². The van der Waals surface area contributed by atoms with Gasteiger partial charge in [-0.05, 0) is 19.4 Å². The molecule has 2 N–H and O–H groups in total. The minimum atomic E-state index is -0.732. The molecule has 1 aromatic heterocycles. The van der Waals surface area contributed by atoms with Crippen molar-refractivity contribution in [1.82, 2.24) is 14.7 Å². The van der Waals surface area contributed by atoms with Crippen LogP contribution >= 0.6 is 0 Å². The molecule has 106 valence electrons. The molecule has 1 atom stereocenters. The number of carboxylic acids is 1. The lowest BCUT2D eigenvalue weighted by molar-refractivity contribution is -0.143. The first kappa shape index (κ1) is 14.0. The molecule has 1 aromatic rings. The summed E-state index contributed by atoms with van der Waals surface area (Å²) in [7, 11) is 0. The van der Waals surface area contributed by atoms with Crippen LogP contribution in [-0.4, -0.2) is 50.1 Å². The molecule has 1 fully saturated rings. The van der Waals surface area contributed by atoms with Crippen LogP contribution in [0.3, 0.4) is 0 Å². The van der Waals surface area contributed by atoms with Gasteiger partial charge < -0.3 is 10.2 Å². The maximum atomic E-state index is 11.3. The fraction of sp³-hybridized carbons (Fsp3) is 0.692. The number of carbonyl (C=O) groups is 1. The zero-order valence-electron chi connectivity index (χ0n) is 11.0. The molecule has 1 aliphatic rings. The Bertz CT molecular complexity index is 419. The topological polar surface area (TPSA) is 78.6 Å². The zero-order valence-corrected chi connectivity index (χ0v) is 11.0. The summed E-state index contributed by atoms with van der Waals surface area (Å²) < 4.78 is 1.68. The van der Waals surface area contributed by atoms with Crippen LogP contribution in [0.5, 0.6) is 0 Å². The number of carboxylic acid groups (broad SMARTS) is 1. The number of aliphatic hydroxyl groups excluding tert-OH is 1. The summed E-state index contributed by atoms with van der Waals surface area (Å²) in [6.45, 7) is 1.97. The van der Waals surface area contributed by atoms with Crippen LogP contribution in [0.2, 0.25) is 0 Å². The Kier molecular flexibility index (Phi) is 4.93. The van der Waals surface area contributed by atoms with Gasteiger partial charge in [0.15, 0.2) is 0 Å². The van der Waals surface area contributed by atoms with Crippen LogP contribution in [0.4, 0.5) is 0 Å². The van der Waals surface area contributed by atoms with Gasteiger partial charge in [-0.25, -0.2) is 0 Å². The first-order chi connectivity index (χ1) is 9.20. The lowest BCUT2D eigenvalue weighted by Crippen LogP contribution is -2.40. The summed E-state index contributed by atoms with van der Waals surface area (Å²) >= 11 is 0. The molecule has 0 aromatic carbocycles. The first-order valence-corrected chi connectivity index (χ1v) is 6.80.